The Balaban J connectivity index is 1.17. The summed E-state index contributed by atoms with van der Waals surface area (Å²) in [6.45, 7) is 0.582. The second-order valence-corrected chi connectivity index (χ2v) is 8.09. The molecule has 0 radical (unpaired) electrons. The summed E-state index contributed by atoms with van der Waals surface area (Å²) in [5.74, 6) is -0.437. The zero-order chi connectivity index (χ0) is 24.6. The third-order valence-electron chi connectivity index (χ3n) is 5.57. The van der Waals surface area contributed by atoms with Gasteiger partial charge in [0, 0.05) is 17.7 Å². The van der Waals surface area contributed by atoms with Crippen LogP contribution in [0, 0.1) is 5.82 Å². The van der Waals surface area contributed by atoms with Crippen molar-refractivity contribution >= 4 is 29.4 Å². The van der Waals surface area contributed by atoms with E-state index in [0.29, 0.717) is 17.9 Å². The lowest BCUT2D eigenvalue weighted by molar-refractivity contribution is -0.119. The van der Waals surface area contributed by atoms with Gasteiger partial charge in [0.25, 0.3) is 11.8 Å². The topological polar surface area (TPSA) is 63.7 Å². The second kappa shape index (κ2) is 11.2. The Morgan fingerprint density at radius 2 is 1.49 bits per heavy atom. The number of carbonyl (C=O) groups excluding carboxylic acids is 3. The highest BCUT2D eigenvalue weighted by Crippen LogP contribution is 2.20. The lowest BCUT2D eigenvalue weighted by Crippen LogP contribution is -2.29. The highest BCUT2D eigenvalue weighted by molar-refractivity contribution is 6.28. The Morgan fingerprint density at radius 3 is 2.14 bits per heavy atom. The quantitative estimate of drug-likeness (QED) is 0.169. The molecule has 35 heavy (non-hydrogen) atoms. The van der Waals surface area contributed by atoms with Crippen molar-refractivity contribution in [1.82, 2.24) is 0 Å². The molecule has 0 aromatic heterocycles. The minimum Gasteiger partial charge on any atom is -0.494 e. The van der Waals surface area contributed by atoms with Gasteiger partial charge in [0.1, 0.15) is 11.6 Å². The average molecular weight is 470 g/mol. The van der Waals surface area contributed by atoms with Gasteiger partial charge in [0.2, 0.25) is 0 Å². The predicted molar refractivity (Wildman–Crippen MR) is 133 cm³/mol. The van der Waals surface area contributed by atoms with Gasteiger partial charge in [-0.05, 0) is 85.0 Å². The fourth-order valence-electron chi connectivity index (χ4n) is 3.65. The van der Waals surface area contributed by atoms with Crippen molar-refractivity contribution in [2.24, 2.45) is 0 Å². The molecule has 1 aliphatic heterocycles. The number of ketones is 1. The molecule has 5 nitrogen and oxygen atoms in total. The maximum absolute atomic E-state index is 13.0. The number of unbranched alkanes of at least 4 members (excludes halogenated alkanes) is 1. The summed E-state index contributed by atoms with van der Waals surface area (Å²) in [7, 11) is 0. The van der Waals surface area contributed by atoms with Crippen LogP contribution in [0.25, 0.3) is 6.08 Å². The molecule has 0 unspecified atom stereocenters. The van der Waals surface area contributed by atoms with E-state index in [4.69, 9.17) is 4.74 Å². The van der Waals surface area contributed by atoms with Crippen LogP contribution in [0.15, 0.2) is 91.0 Å². The molecule has 0 atom stereocenters. The second-order valence-electron chi connectivity index (χ2n) is 8.09. The monoisotopic (exact) mass is 469 g/mol. The molecule has 0 bridgehead atoms. The van der Waals surface area contributed by atoms with E-state index >= 15 is 0 Å². The molecule has 0 fully saturated rings. The summed E-state index contributed by atoms with van der Waals surface area (Å²) in [4.78, 5) is 36.8. The van der Waals surface area contributed by atoms with Crippen molar-refractivity contribution in [3.8, 4) is 5.75 Å². The van der Waals surface area contributed by atoms with E-state index in [-0.39, 0.29) is 23.4 Å². The molecule has 0 N–H and O–H groups in total. The van der Waals surface area contributed by atoms with Crippen molar-refractivity contribution in [3.05, 3.63) is 114 Å². The van der Waals surface area contributed by atoms with Crippen LogP contribution in [0.1, 0.15) is 34.3 Å². The van der Waals surface area contributed by atoms with Crippen LogP contribution in [0.3, 0.4) is 0 Å². The molecule has 0 saturated carbocycles. The number of rotatable bonds is 10. The third-order valence-corrected chi connectivity index (χ3v) is 5.57. The summed E-state index contributed by atoms with van der Waals surface area (Å²) >= 11 is 0. The van der Waals surface area contributed by atoms with Crippen molar-refractivity contribution in [2.75, 3.05) is 11.5 Å². The summed E-state index contributed by atoms with van der Waals surface area (Å²) in [5.41, 5.74) is 3.01. The standard InChI is InChI=1S/C29H24FNO4/c30-24-11-9-23(10-12-24)27(32)17-8-22-6-15-26(16-7-22)35-20-2-1-3-21-4-13-25(14-5-21)31-28(33)18-19-29(31)34/h4-19H,1-3,20H2/b17-8+. The molecule has 6 heteroatoms. The zero-order valence-electron chi connectivity index (χ0n) is 19.0. The molecule has 3 aromatic rings. The first kappa shape index (κ1) is 23.8. The number of hydrogen-bond donors (Lipinski definition) is 0. The third kappa shape index (κ3) is 6.38. The van der Waals surface area contributed by atoms with Crippen LogP contribution in [0.2, 0.25) is 0 Å². The maximum Gasteiger partial charge on any atom is 0.258 e. The van der Waals surface area contributed by atoms with Crippen LogP contribution in [0.5, 0.6) is 5.75 Å². The Kier molecular flexibility index (Phi) is 7.63. The van der Waals surface area contributed by atoms with E-state index in [1.807, 2.05) is 36.4 Å². The van der Waals surface area contributed by atoms with Crippen LogP contribution in [-0.2, 0) is 16.0 Å². The Morgan fingerprint density at radius 1 is 0.829 bits per heavy atom. The number of carbonyl (C=O) groups is 3. The Labute approximate surface area is 203 Å². The van der Waals surface area contributed by atoms with E-state index in [9.17, 15) is 18.8 Å². The number of allylic oxidation sites excluding steroid dienone is 1. The van der Waals surface area contributed by atoms with Gasteiger partial charge in [-0.3, -0.25) is 14.4 Å². The number of anilines is 1. The highest BCUT2D eigenvalue weighted by Gasteiger charge is 2.24. The molecule has 0 saturated heterocycles. The average Bonchev–Trinajstić information content (AvgIpc) is 3.21. The van der Waals surface area contributed by atoms with Crippen molar-refractivity contribution in [2.45, 2.75) is 19.3 Å². The first-order valence-electron chi connectivity index (χ1n) is 11.4. The summed E-state index contributed by atoms with van der Waals surface area (Å²) in [5, 5.41) is 0. The van der Waals surface area contributed by atoms with E-state index in [2.05, 4.69) is 0 Å². The molecule has 176 valence electrons. The van der Waals surface area contributed by atoms with Gasteiger partial charge in [-0.25, -0.2) is 9.29 Å². The number of benzene rings is 3. The molecule has 4 rings (SSSR count). The van der Waals surface area contributed by atoms with Gasteiger partial charge in [-0.2, -0.15) is 0 Å². The lowest BCUT2D eigenvalue weighted by Gasteiger charge is -2.14. The molecule has 0 spiro atoms. The molecule has 2 amide bonds. The number of aryl methyl sites for hydroxylation is 1. The van der Waals surface area contributed by atoms with Gasteiger partial charge >= 0.3 is 0 Å². The van der Waals surface area contributed by atoms with Crippen molar-refractivity contribution < 1.29 is 23.5 Å². The Hall–Kier alpha value is -4.32. The first-order chi connectivity index (χ1) is 17.0. The normalized spacial score (nSPS) is 13.1. The fraction of sp³-hybridized carbons (Fsp3) is 0.138. The smallest absolute Gasteiger partial charge is 0.258 e. The summed E-state index contributed by atoms with van der Waals surface area (Å²) in [6, 6.07) is 20.4. The summed E-state index contributed by atoms with van der Waals surface area (Å²) < 4.78 is 18.8. The number of nitrogens with zero attached hydrogens (tertiary/aromatic N) is 1. The van der Waals surface area contributed by atoms with Gasteiger partial charge in [0.15, 0.2) is 5.78 Å². The number of imide groups is 1. The number of amides is 2. The largest absolute Gasteiger partial charge is 0.494 e. The van der Waals surface area contributed by atoms with Crippen LogP contribution >= 0.6 is 0 Å². The molecule has 1 aliphatic rings. The van der Waals surface area contributed by atoms with Crippen LogP contribution in [0.4, 0.5) is 10.1 Å². The number of ether oxygens (including phenoxy) is 1. The Bertz CT molecular complexity index is 1240. The zero-order valence-corrected chi connectivity index (χ0v) is 19.0. The molecule has 1 heterocycles. The van der Waals surface area contributed by atoms with Gasteiger partial charge < -0.3 is 4.74 Å². The molecule has 3 aromatic carbocycles. The maximum atomic E-state index is 13.0. The van der Waals surface area contributed by atoms with E-state index in [1.165, 1.54) is 42.5 Å². The fourth-order valence-corrected chi connectivity index (χ4v) is 3.65. The number of hydrogen-bond acceptors (Lipinski definition) is 4. The predicted octanol–water partition coefficient (Wildman–Crippen LogP) is 5.55. The van der Waals surface area contributed by atoms with E-state index in [0.717, 1.165) is 41.0 Å². The molecule has 0 aliphatic carbocycles. The first-order valence-corrected chi connectivity index (χ1v) is 11.4. The lowest BCUT2D eigenvalue weighted by atomic mass is 10.1. The minimum atomic E-state index is -0.372. The highest BCUT2D eigenvalue weighted by atomic mass is 19.1. The van der Waals surface area contributed by atoms with Gasteiger partial charge in [-0.1, -0.05) is 30.3 Å². The summed E-state index contributed by atoms with van der Waals surface area (Å²) in [6.07, 6.45) is 8.42. The van der Waals surface area contributed by atoms with Gasteiger partial charge in [-0.15, -0.1) is 0 Å². The van der Waals surface area contributed by atoms with Crippen molar-refractivity contribution in [3.63, 3.8) is 0 Å². The minimum absolute atomic E-state index is 0.185. The van der Waals surface area contributed by atoms with Crippen LogP contribution in [-0.4, -0.2) is 24.2 Å². The van der Waals surface area contributed by atoms with Crippen molar-refractivity contribution in [1.29, 1.82) is 0 Å². The van der Waals surface area contributed by atoms with Crippen LogP contribution < -0.4 is 9.64 Å². The van der Waals surface area contributed by atoms with E-state index in [1.54, 1.807) is 18.2 Å². The van der Waals surface area contributed by atoms with Gasteiger partial charge in [0.05, 0.1) is 12.3 Å². The number of halogens is 1. The molecular weight excluding hydrogens is 445 g/mol. The molecular formula is C29H24FNO4. The van der Waals surface area contributed by atoms with E-state index < -0.39 is 0 Å². The SMILES string of the molecule is O=C(/C=C/c1ccc(OCCCCc2ccc(N3C(=O)C=CC3=O)cc2)cc1)c1ccc(F)cc1.